The fourth-order valence-corrected chi connectivity index (χ4v) is 2.33. The summed E-state index contributed by atoms with van der Waals surface area (Å²) in [6.45, 7) is 4.89. The summed E-state index contributed by atoms with van der Waals surface area (Å²) >= 11 is 0. The van der Waals surface area contributed by atoms with Crippen molar-refractivity contribution < 1.29 is 4.74 Å². The van der Waals surface area contributed by atoms with Gasteiger partial charge in [-0.15, -0.1) is 0 Å². The van der Waals surface area contributed by atoms with E-state index in [-0.39, 0.29) is 0 Å². The number of aromatic nitrogens is 2. The normalized spacial score (nSPS) is 11.3. The van der Waals surface area contributed by atoms with Crippen molar-refractivity contribution >= 4 is 16.4 Å². The van der Waals surface area contributed by atoms with E-state index >= 15 is 0 Å². The number of para-hydroxylation sites is 1. The maximum atomic E-state index is 5.84. The number of fused-ring (bicyclic) bond motifs is 3. The van der Waals surface area contributed by atoms with Crippen molar-refractivity contribution in [1.82, 2.24) is 9.38 Å². The molecule has 0 spiro atoms. The summed E-state index contributed by atoms with van der Waals surface area (Å²) in [4.78, 5) is 4.53. The maximum absolute atomic E-state index is 5.84. The van der Waals surface area contributed by atoms with Gasteiger partial charge in [0.05, 0.1) is 17.8 Å². The van der Waals surface area contributed by atoms with Crippen LogP contribution in [0.3, 0.4) is 0 Å². The Balaban J connectivity index is 2.15. The summed E-state index contributed by atoms with van der Waals surface area (Å²) in [6.07, 6.45) is 4.25. The summed E-state index contributed by atoms with van der Waals surface area (Å²) in [7, 11) is 0. The number of ether oxygens (including phenoxy) is 1. The molecule has 0 atom stereocenters. The number of hydrogen-bond acceptors (Lipinski definition) is 2. The van der Waals surface area contributed by atoms with Crippen LogP contribution in [0.25, 0.3) is 16.4 Å². The predicted octanol–water partition coefficient (Wildman–Crippen LogP) is 3.97. The molecule has 0 aliphatic carbocycles. The van der Waals surface area contributed by atoms with Crippen molar-refractivity contribution in [1.29, 1.82) is 0 Å². The van der Waals surface area contributed by atoms with Crippen molar-refractivity contribution in [2.45, 2.75) is 26.7 Å². The first-order valence-electron chi connectivity index (χ1n) is 6.80. The Labute approximate surface area is 112 Å². The minimum absolute atomic E-state index is 0.726. The van der Waals surface area contributed by atoms with Crippen LogP contribution in [0.4, 0.5) is 0 Å². The zero-order chi connectivity index (χ0) is 13.2. The van der Waals surface area contributed by atoms with Gasteiger partial charge in [-0.05, 0) is 25.5 Å². The first-order chi connectivity index (χ1) is 9.29. The number of rotatable bonds is 4. The fourth-order valence-electron chi connectivity index (χ4n) is 2.33. The second kappa shape index (κ2) is 4.92. The lowest BCUT2D eigenvalue weighted by Crippen LogP contribution is -2.02. The molecule has 3 heteroatoms. The molecule has 0 unspecified atom stereocenters. The lowest BCUT2D eigenvalue weighted by molar-refractivity contribution is 0.300. The molecule has 3 aromatic rings. The van der Waals surface area contributed by atoms with E-state index in [0.717, 1.165) is 36.5 Å². The third kappa shape index (κ3) is 2.16. The van der Waals surface area contributed by atoms with Crippen LogP contribution in [0.5, 0.6) is 5.88 Å². The smallest absolute Gasteiger partial charge is 0.238 e. The second-order valence-corrected chi connectivity index (χ2v) is 4.85. The van der Waals surface area contributed by atoms with Gasteiger partial charge in [0.25, 0.3) is 0 Å². The standard InChI is InChI=1S/C16H18N2O/c1-3-4-9-19-16-15-10-13-7-5-6-8-14(13)18(15)11-12(2)17-16/h5-8,10-11H,3-4,9H2,1-2H3. The van der Waals surface area contributed by atoms with Gasteiger partial charge in [0.15, 0.2) is 0 Å². The SMILES string of the molecule is CCCCOc1nc(C)cn2c1cc1ccccc12. The summed E-state index contributed by atoms with van der Waals surface area (Å²) in [5.41, 5.74) is 3.21. The summed E-state index contributed by atoms with van der Waals surface area (Å²) in [5.74, 6) is 0.740. The van der Waals surface area contributed by atoms with Crippen LogP contribution < -0.4 is 4.74 Å². The van der Waals surface area contributed by atoms with E-state index in [1.54, 1.807) is 0 Å². The lowest BCUT2D eigenvalue weighted by Gasteiger charge is -2.08. The fraction of sp³-hybridized carbons (Fsp3) is 0.312. The molecule has 0 N–H and O–H groups in total. The van der Waals surface area contributed by atoms with Crippen molar-refractivity contribution in [3.05, 3.63) is 42.2 Å². The molecule has 0 saturated heterocycles. The molecule has 0 aliphatic rings. The summed E-state index contributed by atoms with van der Waals surface area (Å²) < 4.78 is 8.00. The molecule has 3 nitrogen and oxygen atoms in total. The summed E-state index contributed by atoms with van der Waals surface area (Å²) in [6, 6.07) is 10.5. The van der Waals surface area contributed by atoms with E-state index in [9.17, 15) is 0 Å². The van der Waals surface area contributed by atoms with Crippen LogP contribution >= 0.6 is 0 Å². The number of benzene rings is 1. The minimum atomic E-state index is 0.726. The van der Waals surface area contributed by atoms with Gasteiger partial charge in [0.2, 0.25) is 5.88 Å². The van der Waals surface area contributed by atoms with Crippen LogP contribution in [0.1, 0.15) is 25.5 Å². The van der Waals surface area contributed by atoms with Gasteiger partial charge in [-0.1, -0.05) is 31.5 Å². The first-order valence-corrected chi connectivity index (χ1v) is 6.80. The van der Waals surface area contributed by atoms with E-state index in [1.807, 2.05) is 6.92 Å². The van der Waals surface area contributed by atoms with Crippen LogP contribution in [-0.2, 0) is 0 Å². The Morgan fingerprint density at radius 3 is 2.89 bits per heavy atom. The van der Waals surface area contributed by atoms with Crippen LogP contribution in [0.2, 0.25) is 0 Å². The van der Waals surface area contributed by atoms with E-state index in [4.69, 9.17) is 4.74 Å². The zero-order valence-corrected chi connectivity index (χ0v) is 11.4. The Bertz CT molecular complexity index is 715. The average Bonchev–Trinajstić information content (AvgIpc) is 2.78. The van der Waals surface area contributed by atoms with Crippen molar-refractivity contribution in [3.8, 4) is 5.88 Å². The molecule has 19 heavy (non-hydrogen) atoms. The Kier molecular flexibility index (Phi) is 3.11. The van der Waals surface area contributed by atoms with Crippen LogP contribution in [0.15, 0.2) is 36.5 Å². The molecule has 0 aliphatic heterocycles. The Morgan fingerprint density at radius 2 is 2.05 bits per heavy atom. The third-order valence-electron chi connectivity index (χ3n) is 3.30. The Morgan fingerprint density at radius 1 is 1.21 bits per heavy atom. The molecule has 2 aromatic heterocycles. The first kappa shape index (κ1) is 12.0. The highest BCUT2D eigenvalue weighted by Gasteiger charge is 2.09. The highest BCUT2D eigenvalue weighted by Crippen LogP contribution is 2.26. The van der Waals surface area contributed by atoms with Crippen LogP contribution in [0, 0.1) is 6.92 Å². The van der Waals surface area contributed by atoms with Gasteiger partial charge >= 0.3 is 0 Å². The molecule has 0 amide bonds. The molecule has 0 radical (unpaired) electrons. The van der Waals surface area contributed by atoms with Crippen molar-refractivity contribution in [2.75, 3.05) is 6.61 Å². The van der Waals surface area contributed by atoms with Gasteiger partial charge in [-0.25, -0.2) is 4.98 Å². The molecule has 98 valence electrons. The Hall–Kier alpha value is -2.03. The molecule has 1 aromatic carbocycles. The van der Waals surface area contributed by atoms with Crippen molar-refractivity contribution in [3.63, 3.8) is 0 Å². The molecular weight excluding hydrogens is 236 g/mol. The van der Waals surface area contributed by atoms with Gasteiger partial charge < -0.3 is 9.14 Å². The predicted molar refractivity (Wildman–Crippen MR) is 77.8 cm³/mol. The number of unbranched alkanes of at least 4 members (excludes halogenated alkanes) is 1. The monoisotopic (exact) mass is 254 g/mol. The zero-order valence-electron chi connectivity index (χ0n) is 11.4. The topological polar surface area (TPSA) is 26.5 Å². The molecular formula is C16H18N2O. The highest BCUT2D eigenvalue weighted by molar-refractivity contribution is 5.88. The van der Waals surface area contributed by atoms with Crippen molar-refractivity contribution in [2.24, 2.45) is 0 Å². The largest absolute Gasteiger partial charge is 0.476 e. The molecule has 0 bridgehead atoms. The quantitative estimate of drug-likeness (QED) is 0.658. The third-order valence-corrected chi connectivity index (χ3v) is 3.30. The number of hydrogen-bond donors (Lipinski definition) is 0. The van der Waals surface area contributed by atoms with Gasteiger partial charge in [-0.3, -0.25) is 0 Å². The minimum Gasteiger partial charge on any atom is -0.476 e. The van der Waals surface area contributed by atoms with Gasteiger partial charge in [0, 0.05) is 11.6 Å². The second-order valence-electron chi connectivity index (χ2n) is 4.85. The van der Waals surface area contributed by atoms with E-state index in [1.165, 1.54) is 10.9 Å². The summed E-state index contributed by atoms with van der Waals surface area (Å²) in [5, 5.41) is 1.22. The maximum Gasteiger partial charge on any atom is 0.238 e. The molecule has 0 saturated carbocycles. The lowest BCUT2D eigenvalue weighted by atomic mass is 10.2. The van der Waals surface area contributed by atoms with Crippen LogP contribution in [-0.4, -0.2) is 16.0 Å². The molecule has 3 rings (SSSR count). The van der Waals surface area contributed by atoms with E-state index in [0.29, 0.717) is 0 Å². The average molecular weight is 254 g/mol. The van der Waals surface area contributed by atoms with Gasteiger partial charge in [0.1, 0.15) is 5.52 Å². The van der Waals surface area contributed by atoms with E-state index in [2.05, 4.69) is 52.8 Å². The number of nitrogens with zero attached hydrogens (tertiary/aromatic N) is 2. The van der Waals surface area contributed by atoms with E-state index < -0.39 is 0 Å². The molecule has 2 heterocycles. The highest BCUT2D eigenvalue weighted by atomic mass is 16.5. The molecule has 0 fully saturated rings. The number of aryl methyl sites for hydroxylation is 1. The van der Waals surface area contributed by atoms with Gasteiger partial charge in [-0.2, -0.15) is 0 Å².